The van der Waals surface area contributed by atoms with Crippen molar-refractivity contribution >= 4 is 23.3 Å². The Bertz CT molecular complexity index is 921. The van der Waals surface area contributed by atoms with Crippen LogP contribution in [0.2, 0.25) is 0 Å². The molecule has 1 heterocycles. The second-order valence-corrected chi connectivity index (χ2v) is 7.20. The number of hydrogen-bond donors (Lipinski definition) is 1. The van der Waals surface area contributed by atoms with Gasteiger partial charge in [-0.25, -0.2) is 4.79 Å². The number of rotatable bonds is 7. The Balaban J connectivity index is 1.68. The normalized spacial score (nSPS) is 13.6. The summed E-state index contributed by atoms with van der Waals surface area (Å²) in [5.41, 5.74) is 2.39. The highest BCUT2D eigenvalue weighted by Crippen LogP contribution is 2.28. The first-order chi connectivity index (χ1) is 14.5. The summed E-state index contributed by atoms with van der Waals surface area (Å²) in [6, 6.07) is 11.4. The van der Waals surface area contributed by atoms with Gasteiger partial charge in [0.2, 0.25) is 0 Å². The SMILES string of the molecule is COC(=O)c1ccc(CCNC(=O)c2cc([N+](=O)[O-])ccc2N2CCCCC2)cc1. The molecule has 2 aromatic rings. The molecule has 0 aliphatic carbocycles. The Morgan fingerprint density at radius 3 is 2.43 bits per heavy atom. The number of nitro benzene ring substituents is 1. The summed E-state index contributed by atoms with van der Waals surface area (Å²) >= 11 is 0. The fraction of sp³-hybridized carbons (Fsp3) is 0.364. The van der Waals surface area contributed by atoms with Crippen molar-refractivity contribution in [1.82, 2.24) is 5.32 Å². The van der Waals surface area contributed by atoms with E-state index in [0.717, 1.165) is 43.6 Å². The van der Waals surface area contributed by atoms with Gasteiger partial charge < -0.3 is 15.0 Å². The average Bonchev–Trinajstić information content (AvgIpc) is 2.79. The van der Waals surface area contributed by atoms with E-state index in [-0.39, 0.29) is 11.6 Å². The highest BCUT2D eigenvalue weighted by molar-refractivity contribution is 6.00. The first-order valence-corrected chi connectivity index (χ1v) is 9.98. The van der Waals surface area contributed by atoms with Crippen LogP contribution in [0.1, 0.15) is 45.5 Å². The lowest BCUT2D eigenvalue weighted by atomic mass is 10.1. The minimum absolute atomic E-state index is 0.0979. The number of nitrogens with one attached hydrogen (secondary N) is 1. The van der Waals surface area contributed by atoms with Gasteiger partial charge in [0.15, 0.2) is 0 Å². The molecule has 1 fully saturated rings. The fourth-order valence-corrected chi connectivity index (χ4v) is 3.57. The molecule has 1 aliphatic heterocycles. The van der Waals surface area contributed by atoms with Crippen molar-refractivity contribution in [2.24, 2.45) is 0 Å². The second kappa shape index (κ2) is 9.87. The van der Waals surface area contributed by atoms with Crippen molar-refractivity contribution < 1.29 is 19.2 Å². The van der Waals surface area contributed by atoms with Crippen molar-refractivity contribution in [2.45, 2.75) is 25.7 Å². The number of amides is 1. The van der Waals surface area contributed by atoms with Crippen LogP contribution in [-0.2, 0) is 11.2 Å². The van der Waals surface area contributed by atoms with Crippen molar-refractivity contribution in [1.29, 1.82) is 0 Å². The minimum atomic E-state index is -0.486. The van der Waals surface area contributed by atoms with E-state index >= 15 is 0 Å². The van der Waals surface area contributed by atoms with Gasteiger partial charge in [-0.05, 0) is 49.4 Å². The highest BCUT2D eigenvalue weighted by Gasteiger charge is 2.21. The van der Waals surface area contributed by atoms with Gasteiger partial charge in [0.05, 0.1) is 28.8 Å². The van der Waals surface area contributed by atoms with Gasteiger partial charge in [-0.1, -0.05) is 12.1 Å². The molecule has 1 amide bonds. The Hall–Kier alpha value is -3.42. The first kappa shape index (κ1) is 21.3. The number of nitro groups is 1. The van der Waals surface area contributed by atoms with Crippen LogP contribution in [0, 0.1) is 10.1 Å². The van der Waals surface area contributed by atoms with Crippen LogP contribution in [0.3, 0.4) is 0 Å². The van der Waals surface area contributed by atoms with E-state index in [9.17, 15) is 19.7 Å². The summed E-state index contributed by atoms with van der Waals surface area (Å²) < 4.78 is 4.68. The third kappa shape index (κ3) is 5.14. The molecule has 0 saturated carbocycles. The van der Waals surface area contributed by atoms with Crippen molar-refractivity contribution in [3.8, 4) is 0 Å². The van der Waals surface area contributed by atoms with E-state index in [1.807, 2.05) is 12.1 Å². The van der Waals surface area contributed by atoms with Crippen molar-refractivity contribution in [2.75, 3.05) is 31.6 Å². The highest BCUT2D eigenvalue weighted by atomic mass is 16.6. The van der Waals surface area contributed by atoms with Crippen LogP contribution in [0.5, 0.6) is 0 Å². The number of carbonyl (C=O) groups excluding carboxylic acids is 2. The van der Waals surface area contributed by atoms with Gasteiger partial charge in [-0.3, -0.25) is 14.9 Å². The first-order valence-electron chi connectivity index (χ1n) is 9.98. The third-order valence-electron chi connectivity index (χ3n) is 5.21. The quantitative estimate of drug-likeness (QED) is 0.426. The lowest BCUT2D eigenvalue weighted by Gasteiger charge is -2.30. The van der Waals surface area contributed by atoms with E-state index in [4.69, 9.17) is 0 Å². The zero-order chi connectivity index (χ0) is 21.5. The number of benzene rings is 2. The van der Waals surface area contributed by atoms with Gasteiger partial charge in [0, 0.05) is 31.8 Å². The number of esters is 1. The van der Waals surface area contributed by atoms with Crippen molar-refractivity contribution in [3.63, 3.8) is 0 Å². The van der Waals surface area contributed by atoms with Crippen LogP contribution in [0.15, 0.2) is 42.5 Å². The Labute approximate surface area is 175 Å². The monoisotopic (exact) mass is 411 g/mol. The van der Waals surface area contributed by atoms with E-state index in [1.54, 1.807) is 18.2 Å². The Kier molecular flexibility index (Phi) is 7.00. The van der Waals surface area contributed by atoms with Gasteiger partial charge >= 0.3 is 5.97 Å². The molecular formula is C22H25N3O5. The molecule has 1 N–H and O–H groups in total. The number of piperidine rings is 1. The van der Waals surface area contributed by atoms with Gasteiger partial charge in [0.1, 0.15) is 0 Å². The molecule has 0 atom stereocenters. The number of nitrogens with zero attached hydrogens (tertiary/aromatic N) is 2. The lowest BCUT2D eigenvalue weighted by molar-refractivity contribution is -0.384. The standard InChI is InChI=1S/C22H25N3O5/c1-30-22(27)17-7-5-16(6-8-17)11-12-23-21(26)19-15-18(25(28)29)9-10-20(19)24-13-3-2-4-14-24/h5-10,15H,2-4,11-14H2,1H3,(H,23,26). The predicted octanol–water partition coefficient (Wildman–Crippen LogP) is 3.34. The molecule has 2 aromatic carbocycles. The van der Waals surface area contributed by atoms with E-state index in [1.165, 1.54) is 19.2 Å². The van der Waals surface area contributed by atoms with E-state index < -0.39 is 10.9 Å². The number of non-ortho nitro benzene ring substituents is 1. The molecule has 0 spiro atoms. The third-order valence-corrected chi connectivity index (χ3v) is 5.21. The minimum Gasteiger partial charge on any atom is -0.465 e. The van der Waals surface area contributed by atoms with Crippen molar-refractivity contribution in [3.05, 3.63) is 69.3 Å². The zero-order valence-corrected chi connectivity index (χ0v) is 16.9. The fourth-order valence-electron chi connectivity index (χ4n) is 3.57. The average molecular weight is 411 g/mol. The summed E-state index contributed by atoms with van der Waals surface area (Å²) in [4.78, 5) is 37.1. The summed E-state index contributed by atoms with van der Waals surface area (Å²) in [6.07, 6.45) is 3.81. The van der Waals surface area contributed by atoms with Crippen LogP contribution in [0.4, 0.5) is 11.4 Å². The van der Waals surface area contributed by atoms with Gasteiger partial charge in [-0.2, -0.15) is 0 Å². The van der Waals surface area contributed by atoms with Gasteiger partial charge in [-0.15, -0.1) is 0 Å². The number of carbonyl (C=O) groups is 2. The molecule has 0 unspecified atom stereocenters. The summed E-state index contributed by atoms with van der Waals surface area (Å²) in [5, 5.41) is 14.0. The summed E-state index contributed by atoms with van der Waals surface area (Å²) in [5.74, 6) is -0.726. The Morgan fingerprint density at radius 2 is 1.80 bits per heavy atom. The number of ether oxygens (including phenoxy) is 1. The predicted molar refractivity (Wildman–Crippen MR) is 113 cm³/mol. The molecule has 1 saturated heterocycles. The maximum Gasteiger partial charge on any atom is 0.337 e. The molecule has 30 heavy (non-hydrogen) atoms. The lowest BCUT2D eigenvalue weighted by Crippen LogP contribution is -2.33. The van der Waals surface area contributed by atoms with Crippen LogP contribution < -0.4 is 10.2 Å². The molecular weight excluding hydrogens is 386 g/mol. The molecule has 8 nitrogen and oxygen atoms in total. The topological polar surface area (TPSA) is 102 Å². The number of hydrogen-bond acceptors (Lipinski definition) is 6. The van der Waals surface area contributed by atoms with E-state index in [0.29, 0.717) is 24.1 Å². The number of methoxy groups -OCH3 is 1. The Morgan fingerprint density at radius 1 is 1.10 bits per heavy atom. The summed E-state index contributed by atoms with van der Waals surface area (Å²) in [6.45, 7) is 2.05. The number of anilines is 1. The zero-order valence-electron chi connectivity index (χ0n) is 16.9. The molecule has 8 heteroatoms. The second-order valence-electron chi connectivity index (χ2n) is 7.20. The molecule has 0 aromatic heterocycles. The van der Waals surface area contributed by atoms with E-state index in [2.05, 4.69) is 15.0 Å². The van der Waals surface area contributed by atoms with Crippen LogP contribution in [0.25, 0.3) is 0 Å². The molecule has 0 radical (unpaired) electrons. The smallest absolute Gasteiger partial charge is 0.337 e. The molecule has 1 aliphatic rings. The molecule has 3 rings (SSSR count). The maximum absolute atomic E-state index is 12.8. The molecule has 158 valence electrons. The summed E-state index contributed by atoms with van der Waals surface area (Å²) in [7, 11) is 1.33. The van der Waals surface area contributed by atoms with Gasteiger partial charge in [0.25, 0.3) is 11.6 Å². The molecule has 0 bridgehead atoms. The van der Waals surface area contributed by atoms with Crippen LogP contribution in [-0.4, -0.2) is 43.5 Å². The largest absolute Gasteiger partial charge is 0.465 e. The maximum atomic E-state index is 12.8. The van der Waals surface area contributed by atoms with Crippen LogP contribution >= 0.6 is 0 Å².